The van der Waals surface area contributed by atoms with Crippen LogP contribution in [0.15, 0.2) is 18.2 Å². The molecule has 0 aromatic heterocycles. The molecule has 0 radical (unpaired) electrons. The SMILES string of the molecule is Cc1cc(N)ccc1N1CCC(F)(F)CC1. The minimum Gasteiger partial charge on any atom is -0.399 e. The minimum atomic E-state index is -2.49. The first-order chi connectivity index (χ1) is 7.48. The van der Waals surface area contributed by atoms with Gasteiger partial charge in [0.25, 0.3) is 5.92 Å². The van der Waals surface area contributed by atoms with Crippen LogP contribution in [-0.4, -0.2) is 19.0 Å². The summed E-state index contributed by atoms with van der Waals surface area (Å²) in [6.07, 6.45) is -0.117. The van der Waals surface area contributed by atoms with E-state index >= 15 is 0 Å². The van der Waals surface area contributed by atoms with E-state index < -0.39 is 5.92 Å². The van der Waals surface area contributed by atoms with Crippen molar-refractivity contribution in [1.29, 1.82) is 0 Å². The van der Waals surface area contributed by atoms with Gasteiger partial charge in [0.05, 0.1) is 0 Å². The predicted molar refractivity (Wildman–Crippen MR) is 62.0 cm³/mol. The number of aryl methyl sites for hydroxylation is 1. The van der Waals surface area contributed by atoms with Crippen LogP contribution >= 0.6 is 0 Å². The van der Waals surface area contributed by atoms with Crippen molar-refractivity contribution in [1.82, 2.24) is 0 Å². The molecule has 1 fully saturated rings. The quantitative estimate of drug-likeness (QED) is 0.746. The van der Waals surface area contributed by atoms with E-state index in [1.807, 2.05) is 30.0 Å². The van der Waals surface area contributed by atoms with Gasteiger partial charge in [0.15, 0.2) is 0 Å². The molecule has 0 amide bonds. The van der Waals surface area contributed by atoms with Crippen LogP contribution in [0.3, 0.4) is 0 Å². The molecular formula is C12H16F2N2. The van der Waals surface area contributed by atoms with Gasteiger partial charge in [0, 0.05) is 37.3 Å². The molecule has 1 heterocycles. The Kier molecular flexibility index (Phi) is 2.74. The average molecular weight is 226 g/mol. The summed E-state index contributed by atoms with van der Waals surface area (Å²) in [4.78, 5) is 2.01. The number of hydrogen-bond acceptors (Lipinski definition) is 2. The normalized spacial score (nSPS) is 19.8. The first kappa shape index (κ1) is 11.2. The van der Waals surface area contributed by atoms with E-state index in [0.717, 1.165) is 11.3 Å². The third-order valence-electron chi connectivity index (χ3n) is 3.06. The highest BCUT2D eigenvalue weighted by Crippen LogP contribution is 2.32. The van der Waals surface area contributed by atoms with Crippen molar-refractivity contribution in [2.75, 3.05) is 23.7 Å². The van der Waals surface area contributed by atoms with Gasteiger partial charge < -0.3 is 10.6 Å². The third-order valence-corrected chi connectivity index (χ3v) is 3.06. The minimum absolute atomic E-state index is 0.0587. The van der Waals surface area contributed by atoms with E-state index in [1.54, 1.807) is 0 Å². The number of rotatable bonds is 1. The maximum absolute atomic E-state index is 13.0. The maximum Gasteiger partial charge on any atom is 0.251 e. The first-order valence-corrected chi connectivity index (χ1v) is 5.47. The molecule has 0 unspecified atom stereocenters. The molecule has 1 aliphatic heterocycles. The molecule has 88 valence electrons. The standard InChI is InChI=1S/C12H16F2N2/c1-9-8-10(15)2-3-11(9)16-6-4-12(13,14)5-7-16/h2-3,8H,4-7,15H2,1H3. The number of alkyl halides is 2. The molecule has 2 nitrogen and oxygen atoms in total. The Balaban J connectivity index is 2.14. The fraction of sp³-hybridized carbons (Fsp3) is 0.500. The van der Waals surface area contributed by atoms with E-state index in [4.69, 9.17) is 5.73 Å². The second kappa shape index (κ2) is 3.92. The van der Waals surface area contributed by atoms with E-state index in [9.17, 15) is 8.78 Å². The molecule has 2 N–H and O–H groups in total. The zero-order valence-corrected chi connectivity index (χ0v) is 9.34. The zero-order chi connectivity index (χ0) is 11.8. The Morgan fingerprint density at radius 3 is 2.44 bits per heavy atom. The van der Waals surface area contributed by atoms with Crippen molar-refractivity contribution in [2.24, 2.45) is 0 Å². The maximum atomic E-state index is 13.0. The van der Waals surface area contributed by atoms with Crippen molar-refractivity contribution in [3.63, 3.8) is 0 Å². The summed E-state index contributed by atoms with van der Waals surface area (Å²) in [5.74, 6) is -2.49. The van der Waals surface area contributed by atoms with Crippen molar-refractivity contribution in [3.8, 4) is 0 Å². The fourth-order valence-corrected chi connectivity index (χ4v) is 2.11. The van der Waals surface area contributed by atoms with Crippen LogP contribution in [0.2, 0.25) is 0 Å². The second-order valence-corrected chi connectivity index (χ2v) is 4.39. The van der Waals surface area contributed by atoms with Crippen molar-refractivity contribution >= 4 is 11.4 Å². The molecule has 1 saturated heterocycles. The topological polar surface area (TPSA) is 29.3 Å². The second-order valence-electron chi connectivity index (χ2n) is 4.39. The highest BCUT2D eigenvalue weighted by atomic mass is 19.3. The van der Waals surface area contributed by atoms with Crippen molar-refractivity contribution in [2.45, 2.75) is 25.7 Å². The van der Waals surface area contributed by atoms with Gasteiger partial charge >= 0.3 is 0 Å². The van der Waals surface area contributed by atoms with Gasteiger partial charge in [-0.05, 0) is 30.7 Å². The first-order valence-electron chi connectivity index (χ1n) is 5.47. The van der Waals surface area contributed by atoms with E-state index in [1.165, 1.54) is 0 Å². The van der Waals surface area contributed by atoms with E-state index in [-0.39, 0.29) is 12.8 Å². The molecule has 1 aliphatic rings. The largest absolute Gasteiger partial charge is 0.399 e. The summed E-state index contributed by atoms with van der Waals surface area (Å²) in [6.45, 7) is 2.79. The smallest absolute Gasteiger partial charge is 0.251 e. The summed E-state index contributed by atoms with van der Waals surface area (Å²) in [6, 6.07) is 5.60. The third kappa shape index (κ3) is 2.26. The molecule has 1 aromatic carbocycles. The molecule has 0 spiro atoms. The molecule has 1 aromatic rings. The Morgan fingerprint density at radius 2 is 1.88 bits per heavy atom. The van der Waals surface area contributed by atoms with Crippen LogP contribution in [0.1, 0.15) is 18.4 Å². The number of nitrogens with two attached hydrogens (primary N) is 1. The molecule has 2 rings (SSSR count). The highest BCUT2D eigenvalue weighted by Gasteiger charge is 2.34. The molecule has 0 saturated carbocycles. The Labute approximate surface area is 94.0 Å². The lowest BCUT2D eigenvalue weighted by Gasteiger charge is -2.34. The fourth-order valence-electron chi connectivity index (χ4n) is 2.11. The lowest BCUT2D eigenvalue weighted by Crippen LogP contribution is -2.39. The van der Waals surface area contributed by atoms with Crippen molar-refractivity contribution in [3.05, 3.63) is 23.8 Å². The Hall–Kier alpha value is -1.32. The summed E-state index contributed by atoms with van der Waals surface area (Å²) in [5, 5.41) is 0. The molecule has 4 heteroatoms. The highest BCUT2D eigenvalue weighted by molar-refractivity contribution is 5.59. The molecule has 0 aliphatic carbocycles. The van der Waals surface area contributed by atoms with Crippen LogP contribution < -0.4 is 10.6 Å². The number of nitrogens with zero attached hydrogens (tertiary/aromatic N) is 1. The van der Waals surface area contributed by atoms with Crippen LogP contribution in [0.4, 0.5) is 20.2 Å². The summed E-state index contributed by atoms with van der Waals surface area (Å²) in [5.41, 5.74) is 8.44. The lowest BCUT2D eigenvalue weighted by atomic mass is 10.0. The lowest BCUT2D eigenvalue weighted by molar-refractivity contribution is -0.0220. The molecule has 0 atom stereocenters. The monoisotopic (exact) mass is 226 g/mol. The van der Waals surface area contributed by atoms with Gasteiger partial charge in [-0.1, -0.05) is 0 Å². The van der Waals surface area contributed by atoms with Crippen LogP contribution in [0, 0.1) is 6.92 Å². The molecule has 16 heavy (non-hydrogen) atoms. The van der Waals surface area contributed by atoms with Gasteiger partial charge in [-0.15, -0.1) is 0 Å². The van der Waals surface area contributed by atoms with E-state index in [0.29, 0.717) is 18.8 Å². The van der Waals surface area contributed by atoms with Gasteiger partial charge in [-0.3, -0.25) is 0 Å². The molecule has 0 bridgehead atoms. The number of piperidine rings is 1. The Morgan fingerprint density at radius 1 is 1.25 bits per heavy atom. The number of hydrogen-bond donors (Lipinski definition) is 1. The van der Waals surface area contributed by atoms with Crippen LogP contribution in [0.5, 0.6) is 0 Å². The summed E-state index contributed by atoms with van der Waals surface area (Å²) in [7, 11) is 0. The summed E-state index contributed by atoms with van der Waals surface area (Å²) < 4.78 is 26.0. The Bertz CT molecular complexity index is 381. The predicted octanol–water partition coefficient (Wildman–Crippen LogP) is 2.81. The zero-order valence-electron chi connectivity index (χ0n) is 9.34. The summed E-state index contributed by atoms with van der Waals surface area (Å²) >= 11 is 0. The van der Waals surface area contributed by atoms with Crippen molar-refractivity contribution < 1.29 is 8.78 Å². The van der Waals surface area contributed by atoms with Crippen LogP contribution in [-0.2, 0) is 0 Å². The number of anilines is 2. The number of halogens is 2. The van der Waals surface area contributed by atoms with Gasteiger partial charge in [0.2, 0.25) is 0 Å². The number of nitrogen functional groups attached to an aromatic ring is 1. The van der Waals surface area contributed by atoms with Gasteiger partial charge in [-0.2, -0.15) is 0 Å². The van der Waals surface area contributed by atoms with Crippen LogP contribution in [0.25, 0.3) is 0 Å². The molecular weight excluding hydrogens is 210 g/mol. The number of benzene rings is 1. The van der Waals surface area contributed by atoms with E-state index in [2.05, 4.69) is 0 Å². The average Bonchev–Trinajstić information content (AvgIpc) is 2.19. The van der Waals surface area contributed by atoms with Gasteiger partial charge in [-0.25, -0.2) is 8.78 Å². The van der Waals surface area contributed by atoms with Gasteiger partial charge in [0.1, 0.15) is 0 Å².